The third-order valence-electron chi connectivity index (χ3n) is 3.53. The smallest absolute Gasteiger partial charge is 0.203 e. The van der Waals surface area contributed by atoms with Gasteiger partial charge in [-0.15, -0.1) is 0 Å². The molecular formula is C16H26O6. The first-order valence-corrected chi connectivity index (χ1v) is 7.32. The number of benzene rings is 1. The van der Waals surface area contributed by atoms with Gasteiger partial charge in [-0.3, -0.25) is 0 Å². The minimum Gasteiger partial charge on any atom is -0.493 e. The van der Waals surface area contributed by atoms with E-state index >= 15 is 0 Å². The minimum atomic E-state index is -1.15. The predicted octanol–water partition coefficient (Wildman–Crippen LogP) is 1.66. The molecule has 0 saturated carbocycles. The van der Waals surface area contributed by atoms with Gasteiger partial charge in [0.05, 0.1) is 33.5 Å². The van der Waals surface area contributed by atoms with E-state index in [4.69, 9.17) is 14.2 Å². The Bertz CT molecular complexity index is 437. The van der Waals surface area contributed by atoms with Gasteiger partial charge < -0.3 is 29.5 Å². The summed E-state index contributed by atoms with van der Waals surface area (Å²) in [5, 5.41) is 30.2. The van der Waals surface area contributed by atoms with Gasteiger partial charge in [-0.1, -0.05) is 13.3 Å². The minimum absolute atomic E-state index is 0.103. The molecule has 0 amide bonds. The fraction of sp³-hybridized carbons (Fsp3) is 0.625. The third-order valence-corrected chi connectivity index (χ3v) is 3.53. The van der Waals surface area contributed by atoms with Crippen molar-refractivity contribution in [2.45, 2.75) is 44.5 Å². The molecule has 1 rings (SSSR count). The molecule has 3 atom stereocenters. The van der Waals surface area contributed by atoms with Crippen molar-refractivity contribution in [3.63, 3.8) is 0 Å². The van der Waals surface area contributed by atoms with Crippen LogP contribution in [0.3, 0.4) is 0 Å². The molecule has 1 aromatic carbocycles. The van der Waals surface area contributed by atoms with Gasteiger partial charge in [0.1, 0.15) is 6.10 Å². The van der Waals surface area contributed by atoms with Crippen molar-refractivity contribution < 1.29 is 29.5 Å². The van der Waals surface area contributed by atoms with E-state index in [0.717, 1.165) is 6.42 Å². The molecule has 3 N–H and O–H groups in total. The zero-order valence-electron chi connectivity index (χ0n) is 13.6. The summed E-state index contributed by atoms with van der Waals surface area (Å²) in [4.78, 5) is 0. The van der Waals surface area contributed by atoms with Crippen molar-refractivity contribution in [2.75, 3.05) is 21.3 Å². The molecule has 22 heavy (non-hydrogen) atoms. The maximum absolute atomic E-state index is 10.3. The first kappa shape index (κ1) is 18.5. The number of hydrogen-bond acceptors (Lipinski definition) is 6. The molecule has 0 unspecified atom stereocenters. The summed E-state index contributed by atoms with van der Waals surface area (Å²) in [5.74, 6) is 1.22. The van der Waals surface area contributed by atoms with Gasteiger partial charge in [0.25, 0.3) is 0 Å². The van der Waals surface area contributed by atoms with E-state index in [1.54, 1.807) is 12.1 Å². The number of rotatable bonds is 9. The quantitative estimate of drug-likeness (QED) is 0.642. The number of hydrogen-bond donors (Lipinski definition) is 3. The topological polar surface area (TPSA) is 88.4 Å². The summed E-state index contributed by atoms with van der Waals surface area (Å²) in [6.07, 6.45) is -1.37. The molecule has 0 aliphatic carbocycles. The van der Waals surface area contributed by atoms with Crippen molar-refractivity contribution >= 4 is 0 Å². The van der Waals surface area contributed by atoms with Crippen LogP contribution in [0.25, 0.3) is 0 Å². The van der Waals surface area contributed by atoms with E-state index in [1.165, 1.54) is 21.3 Å². The zero-order chi connectivity index (χ0) is 16.7. The van der Waals surface area contributed by atoms with Crippen LogP contribution >= 0.6 is 0 Å². The van der Waals surface area contributed by atoms with Crippen LogP contribution in [0.1, 0.15) is 37.9 Å². The van der Waals surface area contributed by atoms with Crippen LogP contribution in [0.5, 0.6) is 17.2 Å². The Labute approximate surface area is 131 Å². The SMILES string of the molecule is CCC[C@H](O)C[C@@H](O)[C@@H](O)c1cc(OC)c(OC)c(OC)c1. The van der Waals surface area contributed by atoms with Gasteiger partial charge in [0.2, 0.25) is 5.75 Å². The van der Waals surface area contributed by atoms with E-state index < -0.39 is 18.3 Å². The van der Waals surface area contributed by atoms with Crippen molar-refractivity contribution in [3.8, 4) is 17.2 Å². The molecule has 0 aromatic heterocycles. The van der Waals surface area contributed by atoms with Crippen molar-refractivity contribution in [3.05, 3.63) is 17.7 Å². The monoisotopic (exact) mass is 314 g/mol. The largest absolute Gasteiger partial charge is 0.493 e. The second kappa shape index (κ2) is 8.82. The lowest BCUT2D eigenvalue weighted by Gasteiger charge is -2.22. The van der Waals surface area contributed by atoms with Crippen LogP contribution in [-0.4, -0.2) is 48.9 Å². The molecule has 1 aromatic rings. The average Bonchev–Trinajstić information content (AvgIpc) is 2.52. The lowest BCUT2D eigenvalue weighted by Crippen LogP contribution is -2.24. The van der Waals surface area contributed by atoms with E-state index in [9.17, 15) is 15.3 Å². The standard InChI is InChI=1S/C16H26O6/c1-5-6-11(17)9-12(18)15(19)10-7-13(20-2)16(22-4)14(8-10)21-3/h7-8,11-12,15,17-19H,5-6,9H2,1-4H3/t11-,12+,15-/m0/s1. The Hall–Kier alpha value is -1.50. The van der Waals surface area contributed by atoms with E-state index in [1.807, 2.05) is 6.92 Å². The van der Waals surface area contributed by atoms with Gasteiger partial charge in [0, 0.05) is 6.42 Å². The maximum Gasteiger partial charge on any atom is 0.203 e. The molecule has 0 radical (unpaired) electrons. The molecule has 6 heteroatoms. The molecule has 0 bridgehead atoms. The Kier molecular flexibility index (Phi) is 7.44. The summed E-state index contributed by atoms with van der Waals surface area (Å²) in [6, 6.07) is 3.17. The van der Waals surface area contributed by atoms with Gasteiger partial charge in [-0.2, -0.15) is 0 Å². The van der Waals surface area contributed by atoms with Crippen molar-refractivity contribution in [1.82, 2.24) is 0 Å². The average molecular weight is 314 g/mol. The lowest BCUT2D eigenvalue weighted by molar-refractivity contribution is -0.0149. The zero-order valence-corrected chi connectivity index (χ0v) is 13.6. The summed E-state index contributed by atoms with van der Waals surface area (Å²) < 4.78 is 15.7. The van der Waals surface area contributed by atoms with Crippen LogP contribution in [0.4, 0.5) is 0 Å². The summed E-state index contributed by atoms with van der Waals surface area (Å²) >= 11 is 0. The Morgan fingerprint density at radius 1 is 0.955 bits per heavy atom. The van der Waals surface area contributed by atoms with Crippen LogP contribution in [0.15, 0.2) is 12.1 Å². The molecule has 0 aliphatic rings. The van der Waals surface area contributed by atoms with Crippen LogP contribution < -0.4 is 14.2 Å². The van der Waals surface area contributed by atoms with Gasteiger partial charge in [-0.05, 0) is 24.1 Å². The van der Waals surface area contributed by atoms with Crippen LogP contribution in [-0.2, 0) is 0 Å². The first-order valence-electron chi connectivity index (χ1n) is 7.32. The molecular weight excluding hydrogens is 288 g/mol. The first-order chi connectivity index (χ1) is 10.5. The highest BCUT2D eigenvalue weighted by Gasteiger charge is 2.24. The molecule has 6 nitrogen and oxygen atoms in total. The van der Waals surface area contributed by atoms with Gasteiger partial charge in [-0.25, -0.2) is 0 Å². The molecule has 0 heterocycles. The van der Waals surface area contributed by atoms with Crippen LogP contribution in [0.2, 0.25) is 0 Å². The summed E-state index contributed by atoms with van der Waals surface area (Å²) in [5.41, 5.74) is 0.436. The summed E-state index contributed by atoms with van der Waals surface area (Å²) in [7, 11) is 4.45. The second-order valence-corrected chi connectivity index (χ2v) is 5.15. The number of ether oxygens (including phenoxy) is 3. The number of aliphatic hydroxyl groups is 3. The molecule has 0 fully saturated rings. The Morgan fingerprint density at radius 3 is 1.91 bits per heavy atom. The predicted molar refractivity (Wildman–Crippen MR) is 82.6 cm³/mol. The van der Waals surface area contributed by atoms with E-state index in [-0.39, 0.29) is 6.42 Å². The van der Waals surface area contributed by atoms with E-state index in [0.29, 0.717) is 29.2 Å². The molecule has 126 valence electrons. The number of methoxy groups -OCH3 is 3. The molecule has 0 aliphatic heterocycles. The highest BCUT2D eigenvalue weighted by atomic mass is 16.5. The van der Waals surface area contributed by atoms with Crippen molar-refractivity contribution in [1.29, 1.82) is 0 Å². The van der Waals surface area contributed by atoms with E-state index in [2.05, 4.69) is 0 Å². The van der Waals surface area contributed by atoms with Crippen LogP contribution in [0, 0.1) is 0 Å². The number of aliphatic hydroxyl groups excluding tert-OH is 3. The molecule has 0 spiro atoms. The maximum atomic E-state index is 10.3. The van der Waals surface area contributed by atoms with Gasteiger partial charge >= 0.3 is 0 Å². The van der Waals surface area contributed by atoms with Crippen molar-refractivity contribution in [2.24, 2.45) is 0 Å². The second-order valence-electron chi connectivity index (χ2n) is 5.15. The Morgan fingerprint density at radius 2 is 1.50 bits per heavy atom. The lowest BCUT2D eigenvalue weighted by atomic mass is 9.97. The fourth-order valence-electron chi connectivity index (χ4n) is 2.35. The summed E-state index contributed by atoms with van der Waals surface area (Å²) in [6.45, 7) is 1.95. The third kappa shape index (κ3) is 4.50. The fourth-order valence-corrected chi connectivity index (χ4v) is 2.35. The Balaban J connectivity index is 2.99. The molecule has 0 saturated heterocycles. The highest BCUT2D eigenvalue weighted by molar-refractivity contribution is 5.54. The van der Waals surface area contributed by atoms with Gasteiger partial charge in [0.15, 0.2) is 11.5 Å². The highest BCUT2D eigenvalue weighted by Crippen LogP contribution is 2.40. The normalized spacial score (nSPS) is 15.0.